The van der Waals surface area contributed by atoms with Crippen LogP contribution in [0.2, 0.25) is 0 Å². The summed E-state index contributed by atoms with van der Waals surface area (Å²) in [5.41, 5.74) is 6.06. The van der Waals surface area contributed by atoms with Crippen molar-refractivity contribution >= 4 is 17.0 Å². The Morgan fingerprint density at radius 3 is 2.90 bits per heavy atom. The average molecular weight is 295 g/mol. The molecule has 0 atom stereocenters. The molecule has 0 aromatic carbocycles. The number of imidazole rings is 1. The molecular formula is C12H17N5O4. The Hall–Kier alpha value is -2.55. The quantitative estimate of drug-likeness (QED) is 0.491. The highest BCUT2D eigenvalue weighted by molar-refractivity contribution is 5.81. The molecule has 2 heterocycles. The number of fused-ring (bicyclic) bond motifs is 1. The average Bonchev–Trinajstić information content (AvgIpc) is 2.73. The zero-order chi connectivity index (χ0) is 15.4. The second-order valence-electron chi connectivity index (χ2n) is 4.33. The van der Waals surface area contributed by atoms with Crippen LogP contribution in [0.4, 0.5) is 5.82 Å². The minimum absolute atomic E-state index is 0.0187. The molecule has 0 amide bonds. The predicted octanol–water partition coefficient (Wildman–Crippen LogP) is 0.189. The van der Waals surface area contributed by atoms with Crippen molar-refractivity contribution in [2.45, 2.75) is 13.0 Å². The van der Waals surface area contributed by atoms with Crippen molar-refractivity contribution in [3.8, 4) is 6.01 Å². The molecule has 2 rings (SSSR count). The lowest BCUT2D eigenvalue weighted by Gasteiger charge is -2.06. The van der Waals surface area contributed by atoms with Gasteiger partial charge in [-0.2, -0.15) is 9.97 Å². The lowest BCUT2D eigenvalue weighted by Crippen LogP contribution is -2.17. The van der Waals surface area contributed by atoms with Crippen LogP contribution < -0.4 is 16.2 Å². The van der Waals surface area contributed by atoms with Gasteiger partial charge in [-0.3, -0.25) is 4.57 Å². The van der Waals surface area contributed by atoms with E-state index >= 15 is 0 Å². The minimum Gasteiger partial charge on any atom is -0.513 e. The predicted molar refractivity (Wildman–Crippen MR) is 76.3 cm³/mol. The van der Waals surface area contributed by atoms with Gasteiger partial charge < -0.3 is 25.3 Å². The number of anilines is 1. The molecule has 0 unspecified atom stereocenters. The van der Waals surface area contributed by atoms with E-state index in [0.29, 0.717) is 17.8 Å². The van der Waals surface area contributed by atoms with Crippen LogP contribution in [0.3, 0.4) is 0 Å². The number of hydrogen-bond acceptors (Lipinski definition) is 7. The normalized spacial score (nSPS) is 10.9. The van der Waals surface area contributed by atoms with Crippen molar-refractivity contribution in [2.75, 3.05) is 26.1 Å². The molecule has 0 aliphatic heterocycles. The van der Waals surface area contributed by atoms with Crippen LogP contribution in [-0.2, 0) is 11.3 Å². The molecule has 0 aliphatic rings. The fraction of sp³-hybridized carbons (Fsp3) is 0.417. The molecule has 0 saturated carbocycles. The largest absolute Gasteiger partial charge is 0.513 e. The number of nitrogen functional groups attached to an aromatic ring is 1. The Kier molecular flexibility index (Phi) is 4.43. The number of methoxy groups -OCH3 is 1. The summed E-state index contributed by atoms with van der Waals surface area (Å²) < 4.78 is 11.5. The van der Waals surface area contributed by atoms with E-state index in [2.05, 4.69) is 21.5 Å². The second kappa shape index (κ2) is 6.27. The topological polar surface area (TPSA) is 128 Å². The number of aromatic nitrogens is 4. The minimum atomic E-state index is -0.388. The number of nitrogens with two attached hydrogens (primary N) is 1. The molecule has 0 spiro atoms. The lowest BCUT2D eigenvalue weighted by atomic mass is 10.4. The summed E-state index contributed by atoms with van der Waals surface area (Å²) in [6, 6.07) is 0.0626. The van der Waals surface area contributed by atoms with Gasteiger partial charge in [0.1, 0.15) is 12.1 Å². The summed E-state index contributed by atoms with van der Waals surface area (Å²) >= 11 is 0. The first-order valence-corrected chi connectivity index (χ1v) is 6.27. The van der Waals surface area contributed by atoms with Crippen molar-refractivity contribution in [3.05, 3.63) is 22.8 Å². The molecule has 2 aromatic heterocycles. The second-order valence-corrected chi connectivity index (χ2v) is 4.33. The molecule has 21 heavy (non-hydrogen) atoms. The summed E-state index contributed by atoms with van der Waals surface area (Å²) in [5.74, 6) is 0.0981. The van der Waals surface area contributed by atoms with E-state index in [-0.39, 0.29) is 42.8 Å². The first-order chi connectivity index (χ1) is 10.0. The summed E-state index contributed by atoms with van der Waals surface area (Å²) in [4.78, 5) is 22.6. The van der Waals surface area contributed by atoms with Crippen LogP contribution in [0, 0.1) is 0 Å². The zero-order valence-electron chi connectivity index (χ0n) is 11.6. The molecule has 9 heteroatoms. The molecule has 0 bridgehead atoms. The highest BCUT2D eigenvalue weighted by atomic mass is 16.5. The Labute approximate surface area is 120 Å². The number of aromatic amines is 1. The summed E-state index contributed by atoms with van der Waals surface area (Å²) in [6.07, 6.45) is 0.233. The maximum Gasteiger partial charge on any atom is 0.327 e. The molecule has 0 fully saturated rings. The number of aliphatic hydroxyl groups excluding tert-OH is 1. The van der Waals surface area contributed by atoms with Crippen LogP contribution in [0.1, 0.15) is 6.42 Å². The molecule has 0 saturated heterocycles. The molecule has 9 nitrogen and oxygen atoms in total. The number of rotatable bonds is 7. The number of ether oxygens (including phenoxy) is 2. The van der Waals surface area contributed by atoms with E-state index in [9.17, 15) is 4.79 Å². The third-order valence-corrected chi connectivity index (χ3v) is 2.77. The maximum absolute atomic E-state index is 11.9. The monoisotopic (exact) mass is 295 g/mol. The van der Waals surface area contributed by atoms with Gasteiger partial charge in [0.25, 0.3) is 0 Å². The van der Waals surface area contributed by atoms with Crippen LogP contribution in [0.15, 0.2) is 17.1 Å². The Balaban J connectivity index is 2.37. The van der Waals surface area contributed by atoms with E-state index in [0.717, 1.165) is 0 Å². The van der Waals surface area contributed by atoms with Crippen molar-refractivity contribution in [2.24, 2.45) is 0 Å². The van der Waals surface area contributed by atoms with E-state index in [1.54, 1.807) is 7.11 Å². The molecule has 4 N–H and O–H groups in total. The zero-order valence-corrected chi connectivity index (χ0v) is 11.6. The van der Waals surface area contributed by atoms with Crippen molar-refractivity contribution in [3.63, 3.8) is 0 Å². The maximum atomic E-state index is 11.9. The number of aliphatic hydroxyl groups is 1. The van der Waals surface area contributed by atoms with Gasteiger partial charge in [0.15, 0.2) is 11.5 Å². The standard InChI is InChI=1S/C12H17N5O4/c1-7(18)3-4-17-10-8(14-12(17)19)9(13)15-11(16-10)21-6-5-20-2/h18H,1,3-6H2,2H3,(H,14,19)(H2,13,15,16). The molecular weight excluding hydrogens is 278 g/mol. The van der Waals surface area contributed by atoms with Gasteiger partial charge in [0.2, 0.25) is 0 Å². The van der Waals surface area contributed by atoms with Crippen LogP contribution >= 0.6 is 0 Å². The molecule has 0 radical (unpaired) electrons. The smallest absolute Gasteiger partial charge is 0.327 e. The lowest BCUT2D eigenvalue weighted by molar-refractivity contribution is 0.141. The van der Waals surface area contributed by atoms with E-state index in [4.69, 9.17) is 20.3 Å². The van der Waals surface area contributed by atoms with E-state index in [1.165, 1.54) is 4.57 Å². The van der Waals surface area contributed by atoms with E-state index < -0.39 is 0 Å². The van der Waals surface area contributed by atoms with Crippen LogP contribution in [-0.4, -0.2) is 44.9 Å². The Morgan fingerprint density at radius 2 is 2.24 bits per heavy atom. The van der Waals surface area contributed by atoms with Gasteiger partial charge in [-0.15, -0.1) is 0 Å². The third kappa shape index (κ3) is 3.31. The van der Waals surface area contributed by atoms with E-state index in [1.807, 2.05) is 0 Å². The van der Waals surface area contributed by atoms with Crippen molar-refractivity contribution < 1.29 is 14.6 Å². The highest BCUT2D eigenvalue weighted by Gasteiger charge is 2.14. The summed E-state index contributed by atoms with van der Waals surface area (Å²) in [6.45, 7) is 4.26. The molecule has 114 valence electrons. The van der Waals surface area contributed by atoms with Gasteiger partial charge in [-0.25, -0.2) is 4.79 Å². The number of hydrogen-bond donors (Lipinski definition) is 3. The summed E-state index contributed by atoms with van der Waals surface area (Å²) in [5, 5.41) is 9.15. The number of nitrogens with one attached hydrogen (secondary N) is 1. The number of aryl methyl sites for hydroxylation is 1. The van der Waals surface area contributed by atoms with Gasteiger partial charge >= 0.3 is 11.7 Å². The highest BCUT2D eigenvalue weighted by Crippen LogP contribution is 2.18. The van der Waals surface area contributed by atoms with Crippen LogP contribution in [0.25, 0.3) is 11.2 Å². The number of allylic oxidation sites excluding steroid dienone is 1. The fourth-order valence-corrected chi connectivity index (χ4v) is 1.76. The first-order valence-electron chi connectivity index (χ1n) is 6.27. The molecule has 0 aliphatic carbocycles. The Bertz CT molecular complexity index is 705. The Morgan fingerprint density at radius 1 is 1.48 bits per heavy atom. The molecule has 2 aromatic rings. The SMILES string of the molecule is C=C(O)CCn1c(=O)[nH]c2c(N)nc(OCCOC)nc21. The number of nitrogens with zero attached hydrogens (tertiary/aromatic N) is 3. The first kappa shape index (κ1) is 14.9. The van der Waals surface area contributed by atoms with Gasteiger partial charge in [-0.05, 0) is 0 Å². The van der Waals surface area contributed by atoms with Gasteiger partial charge in [-0.1, -0.05) is 6.58 Å². The van der Waals surface area contributed by atoms with Crippen molar-refractivity contribution in [1.82, 2.24) is 19.5 Å². The number of H-pyrrole nitrogens is 1. The summed E-state index contributed by atoms with van der Waals surface area (Å²) in [7, 11) is 1.55. The van der Waals surface area contributed by atoms with Gasteiger partial charge in [0, 0.05) is 20.1 Å². The van der Waals surface area contributed by atoms with Crippen molar-refractivity contribution in [1.29, 1.82) is 0 Å². The van der Waals surface area contributed by atoms with Gasteiger partial charge in [0.05, 0.1) is 12.4 Å². The van der Waals surface area contributed by atoms with Crippen LogP contribution in [0.5, 0.6) is 6.01 Å². The fourth-order valence-electron chi connectivity index (χ4n) is 1.76. The third-order valence-electron chi connectivity index (χ3n) is 2.77.